The maximum atomic E-state index is 10.7. The summed E-state index contributed by atoms with van der Waals surface area (Å²) < 4.78 is 0. The third-order valence-corrected chi connectivity index (χ3v) is 2.83. The van der Waals surface area contributed by atoms with E-state index in [0.29, 0.717) is 25.7 Å². The molecule has 2 saturated heterocycles. The fraction of sp³-hybridized carbons (Fsp3) is 0.636. The maximum Gasteiger partial charge on any atom is 0.229 e. The molecule has 0 aliphatic carbocycles. The molecule has 0 aromatic heterocycles. The summed E-state index contributed by atoms with van der Waals surface area (Å²) in [6.07, 6.45) is 2.58. The van der Waals surface area contributed by atoms with E-state index in [9.17, 15) is 19.2 Å². The van der Waals surface area contributed by atoms with E-state index in [1.54, 1.807) is 0 Å². The first-order valence-electron chi connectivity index (χ1n) is 5.52. The number of amides is 4. The Morgan fingerprint density at radius 1 is 0.647 bits per heavy atom. The summed E-state index contributed by atoms with van der Waals surface area (Å²) in [6.45, 7) is 0. The van der Waals surface area contributed by atoms with Gasteiger partial charge in [0.2, 0.25) is 23.6 Å². The second-order valence-corrected chi connectivity index (χ2v) is 4.05. The highest BCUT2D eigenvalue weighted by atomic mass is 16.2. The van der Waals surface area contributed by atoms with Crippen molar-refractivity contribution in [3.05, 3.63) is 0 Å². The predicted molar refractivity (Wildman–Crippen MR) is 58.6 cm³/mol. The molecule has 0 aromatic carbocycles. The molecule has 0 aromatic rings. The van der Waals surface area contributed by atoms with Gasteiger partial charge in [-0.25, -0.2) is 0 Å². The molecule has 2 aliphatic heterocycles. The van der Waals surface area contributed by atoms with Gasteiger partial charge in [0.05, 0.1) is 0 Å². The Bertz CT molecular complexity index is 332. The van der Waals surface area contributed by atoms with Crippen LogP contribution < -0.4 is 0 Å². The lowest BCUT2D eigenvalue weighted by molar-refractivity contribution is -0.146. The molecule has 0 saturated carbocycles. The molecule has 94 valence electrons. The number of carbonyl (C=O) groups is 4. The van der Waals surface area contributed by atoms with Gasteiger partial charge in [0.1, 0.15) is 0 Å². The molecule has 0 radical (unpaired) electrons. The molecule has 2 fully saturated rings. The van der Waals surface area contributed by atoms with Gasteiger partial charge in [-0.2, -0.15) is 0 Å². The van der Waals surface area contributed by atoms with E-state index >= 15 is 0 Å². The lowest BCUT2D eigenvalue weighted by atomic mass is 10.1. The SMILES string of the molecule is CN1C(=O)CCC1=O.CN1C(=O)CCCC1=O. The number of rotatable bonds is 0. The second-order valence-electron chi connectivity index (χ2n) is 4.05. The fourth-order valence-corrected chi connectivity index (χ4v) is 1.55. The highest BCUT2D eigenvalue weighted by Gasteiger charge is 2.24. The van der Waals surface area contributed by atoms with Crippen molar-refractivity contribution < 1.29 is 19.2 Å². The largest absolute Gasteiger partial charge is 0.286 e. The van der Waals surface area contributed by atoms with Crippen LogP contribution in [0.2, 0.25) is 0 Å². The monoisotopic (exact) mass is 240 g/mol. The lowest BCUT2D eigenvalue weighted by Crippen LogP contribution is -2.36. The first kappa shape index (κ1) is 13.3. The number of hydrogen-bond acceptors (Lipinski definition) is 4. The topological polar surface area (TPSA) is 74.8 Å². The Hall–Kier alpha value is -1.72. The van der Waals surface area contributed by atoms with Crippen molar-refractivity contribution in [1.82, 2.24) is 9.80 Å². The second kappa shape index (κ2) is 5.56. The molecular formula is C11H16N2O4. The van der Waals surface area contributed by atoms with Gasteiger partial charge in [0, 0.05) is 39.8 Å². The van der Waals surface area contributed by atoms with Crippen LogP contribution in [0.5, 0.6) is 0 Å². The van der Waals surface area contributed by atoms with E-state index in [1.165, 1.54) is 23.9 Å². The van der Waals surface area contributed by atoms with Crippen LogP contribution in [-0.4, -0.2) is 47.5 Å². The van der Waals surface area contributed by atoms with E-state index in [-0.39, 0.29) is 23.6 Å². The Kier molecular flexibility index (Phi) is 4.37. The number of imide groups is 2. The summed E-state index contributed by atoms with van der Waals surface area (Å²) in [6, 6.07) is 0. The first-order chi connectivity index (χ1) is 7.93. The Balaban J connectivity index is 0.000000171. The minimum atomic E-state index is -0.0602. The zero-order valence-corrected chi connectivity index (χ0v) is 10.1. The van der Waals surface area contributed by atoms with Crippen molar-refractivity contribution in [3.63, 3.8) is 0 Å². The van der Waals surface area contributed by atoms with Gasteiger partial charge in [0.25, 0.3) is 0 Å². The van der Waals surface area contributed by atoms with Crippen LogP contribution in [-0.2, 0) is 19.2 Å². The molecule has 0 N–H and O–H groups in total. The molecule has 17 heavy (non-hydrogen) atoms. The van der Waals surface area contributed by atoms with E-state index in [0.717, 1.165) is 6.42 Å². The van der Waals surface area contributed by atoms with Crippen LogP contribution in [0.25, 0.3) is 0 Å². The van der Waals surface area contributed by atoms with E-state index in [2.05, 4.69) is 0 Å². The average Bonchev–Trinajstić information content (AvgIpc) is 2.58. The quantitative estimate of drug-likeness (QED) is 0.555. The summed E-state index contributed by atoms with van der Waals surface area (Å²) >= 11 is 0. The van der Waals surface area contributed by atoms with Gasteiger partial charge in [-0.1, -0.05) is 0 Å². The summed E-state index contributed by atoms with van der Waals surface area (Å²) in [5.74, 6) is -0.220. The number of nitrogens with zero attached hydrogens (tertiary/aromatic N) is 2. The van der Waals surface area contributed by atoms with Crippen molar-refractivity contribution >= 4 is 23.6 Å². The van der Waals surface area contributed by atoms with Gasteiger partial charge >= 0.3 is 0 Å². The minimum Gasteiger partial charge on any atom is -0.286 e. The Morgan fingerprint density at radius 3 is 1.18 bits per heavy atom. The van der Waals surface area contributed by atoms with Crippen molar-refractivity contribution in [1.29, 1.82) is 0 Å². The van der Waals surface area contributed by atoms with Crippen LogP contribution in [0.15, 0.2) is 0 Å². The maximum absolute atomic E-state index is 10.7. The molecule has 0 unspecified atom stereocenters. The van der Waals surface area contributed by atoms with Gasteiger partial charge in [0.15, 0.2) is 0 Å². The molecule has 2 heterocycles. The predicted octanol–water partition coefficient (Wildman–Crippen LogP) is -0.0795. The Morgan fingerprint density at radius 2 is 0.941 bits per heavy atom. The first-order valence-corrected chi connectivity index (χ1v) is 5.52. The average molecular weight is 240 g/mol. The minimum absolute atomic E-state index is 0.0498. The summed E-state index contributed by atoms with van der Waals surface area (Å²) in [5.41, 5.74) is 0. The number of carbonyl (C=O) groups excluding carboxylic acids is 4. The zero-order chi connectivity index (χ0) is 13.0. The third-order valence-electron chi connectivity index (χ3n) is 2.83. The van der Waals surface area contributed by atoms with Gasteiger partial charge < -0.3 is 0 Å². The number of hydrogen-bond donors (Lipinski definition) is 0. The van der Waals surface area contributed by atoms with Gasteiger partial charge in [-0.15, -0.1) is 0 Å². The summed E-state index contributed by atoms with van der Waals surface area (Å²) in [5, 5.41) is 0. The van der Waals surface area contributed by atoms with Crippen molar-refractivity contribution in [2.75, 3.05) is 14.1 Å². The van der Waals surface area contributed by atoms with Crippen LogP contribution in [0.1, 0.15) is 32.1 Å². The molecule has 0 atom stereocenters. The molecular weight excluding hydrogens is 224 g/mol. The van der Waals surface area contributed by atoms with E-state index in [1.807, 2.05) is 0 Å². The number of likely N-dealkylation sites (tertiary alicyclic amines) is 2. The lowest BCUT2D eigenvalue weighted by Gasteiger charge is -2.19. The summed E-state index contributed by atoms with van der Waals surface area (Å²) in [7, 11) is 3.04. The standard InChI is InChI=1S/C6H9NO2.C5H7NO2/c1-7-5(8)3-2-4-6(7)9;1-6-4(7)2-3-5(6)8/h2-4H2,1H3;2-3H2,1H3. The number of piperidine rings is 1. The van der Waals surface area contributed by atoms with Crippen LogP contribution in [0, 0.1) is 0 Å². The molecule has 6 heteroatoms. The van der Waals surface area contributed by atoms with Crippen LogP contribution >= 0.6 is 0 Å². The van der Waals surface area contributed by atoms with Crippen molar-refractivity contribution in [2.45, 2.75) is 32.1 Å². The molecule has 6 nitrogen and oxygen atoms in total. The molecule has 2 rings (SSSR count). The van der Waals surface area contributed by atoms with Gasteiger partial charge in [-0.05, 0) is 6.42 Å². The van der Waals surface area contributed by atoms with Gasteiger partial charge in [-0.3, -0.25) is 29.0 Å². The van der Waals surface area contributed by atoms with Crippen molar-refractivity contribution in [3.8, 4) is 0 Å². The highest BCUT2D eigenvalue weighted by Crippen LogP contribution is 2.09. The normalized spacial score (nSPS) is 20.6. The third kappa shape index (κ3) is 3.37. The fourth-order valence-electron chi connectivity index (χ4n) is 1.55. The molecule has 4 amide bonds. The zero-order valence-electron chi connectivity index (χ0n) is 10.1. The summed E-state index contributed by atoms with van der Waals surface area (Å²) in [4.78, 5) is 44.8. The van der Waals surface area contributed by atoms with Crippen LogP contribution in [0.3, 0.4) is 0 Å². The molecule has 0 bridgehead atoms. The van der Waals surface area contributed by atoms with Crippen LogP contribution in [0.4, 0.5) is 0 Å². The molecule has 0 spiro atoms. The smallest absolute Gasteiger partial charge is 0.229 e. The van der Waals surface area contributed by atoms with Crippen molar-refractivity contribution in [2.24, 2.45) is 0 Å². The highest BCUT2D eigenvalue weighted by molar-refractivity contribution is 6.01. The van der Waals surface area contributed by atoms with E-state index in [4.69, 9.17) is 0 Å². The van der Waals surface area contributed by atoms with E-state index < -0.39 is 0 Å². The molecule has 2 aliphatic rings. The Labute approximate surface area is 99.5 Å².